The molecule has 0 bridgehead atoms. The lowest BCUT2D eigenvalue weighted by Gasteiger charge is -2.24. The first kappa shape index (κ1) is 29.8. The van der Waals surface area contributed by atoms with E-state index in [4.69, 9.17) is 21.1 Å². The molecule has 3 amide bonds. The maximum atomic E-state index is 15.2. The molecular formula is C29H30ClFN4O6. The van der Waals surface area contributed by atoms with Gasteiger partial charge >= 0.3 is 12.0 Å². The molecule has 2 unspecified atom stereocenters. The Morgan fingerprint density at radius 2 is 1.76 bits per heavy atom. The number of hydrogen-bond donors (Lipinski definition) is 2. The molecule has 1 fully saturated rings. The number of amides is 3. The largest absolute Gasteiger partial charge is 0.456 e. The van der Waals surface area contributed by atoms with Gasteiger partial charge in [-0.15, -0.1) is 0 Å². The lowest BCUT2D eigenvalue weighted by Crippen LogP contribution is -2.45. The van der Waals surface area contributed by atoms with Crippen molar-refractivity contribution in [2.75, 3.05) is 24.3 Å². The minimum absolute atomic E-state index is 0.139. The molecule has 1 saturated heterocycles. The lowest BCUT2D eigenvalue weighted by molar-refractivity contribution is -0.119. The molecule has 2 atom stereocenters. The summed E-state index contributed by atoms with van der Waals surface area (Å²) in [5.41, 5.74) is -1.20. The Kier molecular flexibility index (Phi) is 8.79. The first-order valence-electron chi connectivity index (χ1n) is 12.8. The number of pyridine rings is 1. The minimum atomic E-state index is -0.931. The number of hydrogen-bond acceptors (Lipinski definition) is 6. The average Bonchev–Trinajstić information content (AvgIpc) is 3.35. The van der Waals surface area contributed by atoms with E-state index < -0.39 is 47.0 Å². The van der Waals surface area contributed by atoms with Gasteiger partial charge in [-0.1, -0.05) is 11.6 Å². The van der Waals surface area contributed by atoms with Crippen molar-refractivity contribution in [3.8, 4) is 5.69 Å². The Balaban J connectivity index is 1.51. The lowest BCUT2D eigenvalue weighted by atomic mass is 10.1. The van der Waals surface area contributed by atoms with Gasteiger partial charge in [-0.25, -0.2) is 14.0 Å². The fourth-order valence-electron chi connectivity index (χ4n) is 4.33. The molecule has 41 heavy (non-hydrogen) atoms. The Morgan fingerprint density at radius 3 is 2.39 bits per heavy atom. The first-order valence-corrected chi connectivity index (χ1v) is 13.2. The van der Waals surface area contributed by atoms with E-state index in [1.807, 2.05) is 0 Å². The van der Waals surface area contributed by atoms with Crippen molar-refractivity contribution in [1.29, 1.82) is 0 Å². The Hall–Kier alpha value is -4.22. The van der Waals surface area contributed by atoms with Crippen LogP contribution in [-0.2, 0) is 14.3 Å². The molecule has 0 aliphatic carbocycles. The van der Waals surface area contributed by atoms with Crippen molar-refractivity contribution >= 4 is 40.9 Å². The summed E-state index contributed by atoms with van der Waals surface area (Å²) in [6.45, 7) is 5.20. The zero-order valence-corrected chi connectivity index (χ0v) is 23.7. The number of nitrogens with one attached hydrogen (secondary N) is 2. The zero-order valence-electron chi connectivity index (χ0n) is 22.9. The van der Waals surface area contributed by atoms with Gasteiger partial charge in [0.1, 0.15) is 23.0 Å². The molecule has 3 aromatic rings. The predicted molar refractivity (Wildman–Crippen MR) is 152 cm³/mol. The highest BCUT2D eigenvalue weighted by molar-refractivity contribution is 6.30. The summed E-state index contributed by atoms with van der Waals surface area (Å²) in [6, 6.07) is 11.7. The number of carbonyl (C=O) groups excluding carboxylic acids is 3. The van der Waals surface area contributed by atoms with E-state index >= 15 is 4.39 Å². The van der Waals surface area contributed by atoms with Gasteiger partial charge in [0.2, 0.25) is 5.91 Å². The minimum Gasteiger partial charge on any atom is -0.456 e. The molecule has 2 aromatic carbocycles. The van der Waals surface area contributed by atoms with E-state index in [0.717, 1.165) is 10.6 Å². The molecule has 12 heteroatoms. The number of ether oxygens (including phenoxy) is 2. The molecule has 1 aromatic heterocycles. The first-order chi connectivity index (χ1) is 19.4. The number of urea groups is 1. The van der Waals surface area contributed by atoms with Crippen LogP contribution in [0.15, 0.2) is 65.6 Å². The number of likely N-dealkylation sites (tertiary alicyclic amines) is 1. The third kappa shape index (κ3) is 7.11. The standard InChI is InChI=1S/C29H30ClFN4O6/c1-29(2,3)41-27(38)21-6-5-13-34(26(21)37)19-11-12-23(22(31)14-19)33-25(36)24-15-20(40-4)16-35(24)28(39)32-18-9-7-17(30)8-10-18/h5-14,20,24H,15-16H2,1-4H3,(H,32,39)(H,33,36). The van der Waals surface area contributed by atoms with Crippen molar-refractivity contribution < 1.29 is 28.2 Å². The molecule has 2 N–H and O–H groups in total. The summed E-state index contributed by atoms with van der Waals surface area (Å²) in [6.07, 6.45) is 1.21. The molecule has 4 rings (SSSR count). The van der Waals surface area contributed by atoms with Crippen LogP contribution in [0.2, 0.25) is 5.02 Å². The van der Waals surface area contributed by atoms with Crippen LogP contribution in [0.5, 0.6) is 0 Å². The fourth-order valence-corrected chi connectivity index (χ4v) is 4.45. The molecule has 10 nitrogen and oxygen atoms in total. The van der Waals surface area contributed by atoms with E-state index in [9.17, 15) is 19.2 Å². The summed E-state index contributed by atoms with van der Waals surface area (Å²) in [4.78, 5) is 52.9. The van der Waals surface area contributed by atoms with Gasteiger partial charge in [0.25, 0.3) is 5.56 Å². The van der Waals surface area contributed by atoms with Crippen LogP contribution in [0.25, 0.3) is 5.69 Å². The van der Waals surface area contributed by atoms with Crippen LogP contribution in [0, 0.1) is 5.82 Å². The number of halogens is 2. The third-order valence-electron chi connectivity index (χ3n) is 6.31. The smallest absolute Gasteiger partial charge is 0.344 e. The van der Waals surface area contributed by atoms with Gasteiger partial charge < -0.3 is 25.0 Å². The number of anilines is 2. The Bertz CT molecular complexity index is 1520. The molecular weight excluding hydrogens is 555 g/mol. The van der Waals surface area contributed by atoms with Crippen LogP contribution in [0.4, 0.5) is 20.6 Å². The summed E-state index contributed by atoms with van der Waals surface area (Å²) in [5, 5.41) is 5.77. The van der Waals surface area contributed by atoms with E-state index in [-0.39, 0.29) is 29.9 Å². The molecule has 216 valence electrons. The van der Waals surface area contributed by atoms with Gasteiger partial charge in [-0.3, -0.25) is 14.2 Å². The number of benzene rings is 2. The van der Waals surface area contributed by atoms with Gasteiger partial charge in [-0.2, -0.15) is 0 Å². The summed E-state index contributed by atoms with van der Waals surface area (Å²) < 4.78 is 26.9. The van der Waals surface area contributed by atoms with E-state index in [2.05, 4.69) is 10.6 Å². The number of nitrogens with zero attached hydrogens (tertiary/aromatic N) is 2. The number of carbonyl (C=O) groups is 3. The van der Waals surface area contributed by atoms with E-state index in [0.29, 0.717) is 10.7 Å². The molecule has 0 spiro atoms. The normalized spacial score (nSPS) is 16.8. The SMILES string of the molecule is COC1CC(C(=O)Nc2ccc(-n3cccc(C(=O)OC(C)(C)C)c3=O)cc2F)N(C(=O)Nc2ccc(Cl)cc2)C1. The quantitative estimate of drug-likeness (QED) is 0.400. The summed E-state index contributed by atoms with van der Waals surface area (Å²) in [5.74, 6) is -2.22. The fraction of sp³-hybridized carbons (Fsp3) is 0.310. The van der Waals surface area contributed by atoms with Crippen LogP contribution < -0.4 is 16.2 Å². The zero-order chi connectivity index (χ0) is 29.9. The van der Waals surface area contributed by atoms with Gasteiger partial charge in [0.15, 0.2) is 0 Å². The van der Waals surface area contributed by atoms with Crippen LogP contribution in [0.3, 0.4) is 0 Å². The van der Waals surface area contributed by atoms with Crippen LogP contribution >= 0.6 is 11.6 Å². The Morgan fingerprint density at radius 1 is 1.05 bits per heavy atom. The molecule has 2 heterocycles. The number of rotatable bonds is 6. The number of esters is 1. The maximum absolute atomic E-state index is 15.2. The van der Waals surface area contributed by atoms with Crippen LogP contribution in [-0.4, -0.2) is 58.8 Å². The highest BCUT2D eigenvalue weighted by Crippen LogP contribution is 2.25. The van der Waals surface area contributed by atoms with E-state index in [1.165, 1.54) is 42.5 Å². The highest BCUT2D eigenvalue weighted by atomic mass is 35.5. The highest BCUT2D eigenvalue weighted by Gasteiger charge is 2.40. The van der Waals surface area contributed by atoms with Crippen LogP contribution in [0.1, 0.15) is 37.6 Å². The van der Waals surface area contributed by atoms with Gasteiger partial charge in [-0.05, 0) is 69.3 Å². The average molecular weight is 585 g/mol. The topological polar surface area (TPSA) is 119 Å². The van der Waals surface area contributed by atoms with Crippen molar-refractivity contribution in [3.05, 3.63) is 87.6 Å². The summed E-state index contributed by atoms with van der Waals surface area (Å²) >= 11 is 5.90. The van der Waals surface area contributed by atoms with Crippen molar-refractivity contribution in [3.63, 3.8) is 0 Å². The van der Waals surface area contributed by atoms with Crippen molar-refractivity contribution in [2.24, 2.45) is 0 Å². The number of aromatic nitrogens is 1. The molecule has 1 aliphatic heterocycles. The second kappa shape index (κ2) is 12.1. The monoisotopic (exact) mass is 584 g/mol. The third-order valence-corrected chi connectivity index (χ3v) is 6.56. The molecule has 1 aliphatic rings. The van der Waals surface area contributed by atoms with Gasteiger partial charge in [0.05, 0.1) is 17.5 Å². The number of methoxy groups -OCH3 is 1. The van der Waals surface area contributed by atoms with E-state index in [1.54, 1.807) is 45.0 Å². The maximum Gasteiger partial charge on any atom is 0.344 e. The second-order valence-corrected chi connectivity index (χ2v) is 10.9. The summed E-state index contributed by atoms with van der Waals surface area (Å²) in [7, 11) is 1.48. The Labute approximate surface area is 241 Å². The van der Waals surface area contributed by atoms with Crippen molar-refractivity contribution in [2.45, 2.75) is 44.9 Å². The molecule has 0 radical (unpaired) electrons. The van der Waals surface area contributed by atoms with Crippen molar-refractivity contribution in [1.82, 2.24) is 9.47 Å². The molecule has 0 saturated carbocycles. The van der Waals surface area contributed by atoms with Gasteiger partial charge in [0, 0.05) is 43.0 Å². The predicted octanol–water partition coefficient (Wildman–Crippen LogP) is 4.85. The second-order valence-electron chi connectivity index (χ2n) is 10.5.